The maximum Gasteiger partial charge on any atom is 0.270 e. The van der Waals surface area contributed by atoms with Crippen molar-refractivity contribution < 1.29 is 9.72 Å². The predicted molar refractivity (Wildman–Crippen MR) is 131 cm³/mol. The third-order valence-electron chi connectivity index (χ3n) is 4.90. The molecule has 0 aliphatic carbocycles. The van der Waals surface area contributed by atoms with Crippen molar-refractivity contribution in [2.75, 3.05) is 11.1 Å². The van der Waals surface area contributed by atoms with Crippen LogP contribution in [0.4, 0.5) is 11.4 Å². The second-order valence-electron chi connectivity index (χ2n) is 7.20. The van der Waals surface area contributed by atoms with Crippen molar-refractivity contribution in [1.29, 1.82) is 0 Å². The summed E-state index contributed by atoms with van der Waals surface area (Å²) in [7, 11) is 0. The zero-order valence-corrected chi connectivity index (χ0v) is 19.1. The van der Waals surface area contributed by atoms with Gasteiger partial charge in [-0.1, -0.05) is 53.7 Å². The van der Waals surface area contributed by atoms with Gasteiger partial charge in [-0.05, 0) is 42.8 Å². The van der Waals surface area contributed by atoms with Crippen LogP contribution in [0.3, 0.4) is 0 Å². The van der Waals surface area contributed by atoms with E-state index in [4.69, 9.17) is 11.6 Å². The fourth-order valence-corrected chi connectivity index (χ4v) is 4.24. The summed E-state index contributed by atoms with van der Waals surface area (Å²) in [4.78, 5) is 27.9. The monoisotopic (exact) mass is 478 g/mol. The number of nitro benzene ring substituents is 1. The van der Waals surface area contributed by atoms with Gasteiger partial charge in [0, 0.05) is 28.4 Å². The third kappa shape index (κ3) is 5.24. The molecule has 7 nitrogen and oxygen atoms in total. The number of aryl methyl sites for hydroxylation is 1. The van der Waals surface area contributed by atoms with E-state index in [2.05, 4.69) is 10.3 Å². The number of hydrogen-bond donors (Lipinski definition) is 1. The van der Waals surface area contributed by atoms with Crippen LogP contribution < -0.4 is 5.32 Å². The standard InChI is InChI=1S/C24H19ClN4O3S/c1-16-5-2-3-8-21(16)28-22(17-6-4-7-20(13-17)29(31)32)14-26-24(28)33-15-23(30)27-19-11-9-18(25)10-12-19/h2-14H,15H2,1H3,(H,27,30). The molecule has 4 rings (SSSR count). The van der Waals surface area contributed by atoms with E-state index in [-0.39, 0.29) is 17.3 Å². The molecule has 0 radical (unpaired) electrons. The minimum absolute atomic E-state index is 0.00146. The highest BCUT2D eigenvalue weighted by atomic mass is 35.5. The van der Waals surface area contributed by atoms with Crippen LogP contribution in [-0.4, -0.2) is 26.1 Å². The number of imidazole rings is 1. The van der Waals surface area contributed by atoms with Gasteiger partial charge >= 0.3 is 0 Å². The SMILES string of the molecule is Cc1ccccc1-n1c(-c2cccc([N+](=O)[O-])c2)cnc1SCC(=O)Nc1ccc(Cl)cc1. The number of carbonyl (C=O) groups is 1. The van der Waals surface area contributed by atoms with E-state index < -0.39 is 4.92 Å². The Balaban J connectivity index is 1.65. The van der Waals surface area contributed by atoms with Gasteiger partial charge in [-0.2, -0.15) is 0 Å². The maximum atomic E-state index is 12.5. The van der Waals surface area contributed by atoms with Crippen LogP contribution in [0, 0.1) is 17.0 Å². The Morgan fingerprint density at radius 1 is 1.12 bits per heavy atom. The van der Waals surface area contributed by atoms with Crippen molar-refractivity contribution in [2.45, 2.75) is 12.1 Å². The van der Waals surface area contributed by atoms with Crippen LogP contribution in [0.2, 0.25) is 5.02 Å². The van der Waals surface area contributed by atoms with Gasteiger partial charge < -0.3 is 5.32 Å². The molecule has 1 aromatic heterocycles. The zero-order valence-electron chi connectivity index (χ0n) is 17.6. The minimum Gasteiger partial charge on any atom is -0.325 e. The second-order valence-corrected chi connectivity index (χ2v) is 8.58. The molecule has 33 heavy (non-hydrogen) atoms. The fourth-order valence-electron chi connectivity index (χ4n) is 3.33. The number of carbonyl (C=O) groups excluding carboxylic acids is 1. The van der Waals surface area contributed by atoms with Crippen molar-refractivity contribution in [1.82, 2.24) is 9.55 Å². The van der Waals surface area contributed by atoms with E-state index in [0.29, 0.717) is 27.1 Å². The number of aromatic nitrogens is 2. The number of anilines is 1. The maximum absolute atomic E-state index is 12.5. The van der Waals surface area contributed by atoms with Gasteiger partial charge in [0.05, 0.1) is 28.3 Å². The van der Waals surface area contributed by atoms with Crippen LogP contribution in [0.25, 0.3) is 16.9 Å². The summed E-state index contributed by atoms with van der Waals surface area (Å²) >= 11 is 7.18. The van der Waals surface area contributed by atoms with E-state index in [1.807, 2.05) is 35.8 Å². The number of amides is 1. The third-order valence-corrected chi connectivity index (χ3v) is 6.10. The van der Waals surface area contributed by atoms with Gasteiger partial charge in [-0.25, -0.2) is 4.98 Å². The van der Waals surface area contributed by atoms with Crippen LogP contribution in [0.15, 0.2) is 84.1 Å². The molecule has 0 atom stereocenters. The smallest absolute Gasteiger partial charge is 0.270 e. The van der Waals surface area contributed by atoms with Crippen LogP contribution in [0.1, 0.15) is 5.56 Å². The molecule has 0 fully saturated rings. The summed E-state index contributed by atoms with van der Waals surface area (Å²) in [6.45, 7) is 1.98. The van der Waals surface area contributed by atoms with Gasteiger partial charge in [0.2, 0.25) is 5.91 Å². The van der Waals surface area contributed by atoms with Crippen molar-refractivity contribution >= 4 is 40.6 Å². The molecule has 0 unspecified atom stereocenters. The van der Waals surface area contributed by atoms with Gasteiger partial charge in [0.15, 0.2) is 5.16 Å². The highest BCUT2D eigenvalue weighted by Gasteiger charge is 2.18. The number of thioether (sulfide) groups is 1. The molecule has 9 heteroatoms. The first kappa shape index (κ1) is 22.6. The molecule has 0 aliphatic heterocycles. The second kappa shape index (κ2) is 9.89. The van der Waals surface area contributed by atoms with E-state index in [9.17, 15) is 14.9 Å². The lowest BCUT2D eigenvalue weighted by atomic mass is 10.1. The number of hydrogen-bond acceptors (Lipinski definition) is 5. The lowest BCUT2D eigenvalue weighted by Crippen LogP contribution is -2.14. The number of nitrogens with one attached hydrogen (secondary N) is 1. The Morgan fingerprint density at radius 2 is 1.88 bits per heavy atom. The lowest BCUT2D eigenvalue weighted by molar-refractivity contribution is -0.384. The van der Waals surface area contributed by atoms with Gasteiger partial charge in [0.1, 0.15) is 0 Å². The number of non-ortho nitro benzene ring substituents is 1. The molecule has 0 spiro atoms. The molecular formula is C24H19ClN4O3S. The first-order valence-electron chi connectivity index (χ1n) is 9.99. The van der Waals surface area contributed by atoms with E-state index in [1.54, 1.807) is 42.6 Å². The first-order chi connectivity index (χ1) is 15.9. The first-order valence-corrected chi connectivity index (χ1v) is 11.4. The van der Waals surface area contributed by atoms with E-state index in [1.165, 1.54) is 23.9 Å². The summed E-state index contributed by atoms with van der Waals surface area (Å²) in [5.74, 6) is -0.0431. The van der Waals surface area contributed by atoms with Crippen LogP contribution >= 0.6 is 23.4 Å². The molecular weight excluding hydrogens is 460 g/mol. The molecule has 166 valence electrons. The van der Waals surface area contributed by atoms with Crippen molar-refractivity contribution in [3.05, 3.63) is 99.7 Å². The highest BCUT2D eigenvalue weighted by molar-refractivity contribution is 7.99. The van der Waals surface area contributed by atoms with Crippen LogP contribution in [0.5, 0.6) is 0 Å². The zero-order chi connectivity index (χ0) is 23.4. The van der Waals surface area contributed by atoms with E-state index in [0.717, 1.165) is 11.3 Å². The molecule has 0 saturated carbocycles. The Hall–Kier alpha value is -3.62. The molecule has 4 aromatic rings. The predicted octanol–water partition coefficient (Wildman–Crippen LogP) is 6.14. The van der Waals surface area contributed by atoms with Gasteiger partial charge in [0.25, 0.3) is 5.69 Å². The largest absolute Gasteiger partial charge is 0.325 e. The summed E-state index contributed by atoms with van der Waals surface area (Å²) in [5, 5.41) is 15.3. The molecule has 0 bridgehead atoms. The molecule has 1 amide bonds. The van der Waals surface area contributed by atoms with Crippen molar-refractivity contribution in [3.8, 4) is 16.9 Å². The number of halogens is 1. The highest BCUT2D eigenvalue weighted by Crippen LogP contribution is 2.32. The summed E-state index contributed by atoms with van der Waals surface area (Å²) in [6, 6.07) is 21.1. The number of benzene rings is 3. The Kier molecular flexibility index (Phi) is 6.76. The number of nitro groups is 1. The Morgan fingerprint density at radius 3 is 2.61 bits per heavy atom. The Bertz CT molecular complexity index is 1320. The quantitative estimate of drug-likeness (QED) is 0.196. The van der Waals surface area contributed by atoms with Crippen molar-refractivity contribution in [2.24, 2.45) is 0 Å². The van der Waals surface area contributed by atoms with Crippen LogP contribution in [-0.2, 0) is 4.79 Å². The van der Waals surface area contributed by atoms with Crippen molar-refractivity contribution in [3.63, 3.8) is 0 Å². The molecule has 3 aromatic carbocycles. The normalized spacial score (nSPS) is 10.7. The average Bonchev–Trinajstić information content (AvgIpc) is 3.23. The van der Waals surface area contributed by atoms with Gasteiger partial charge in [-0.3, -0.25) is 19.5 Å². The fraction of sp³-hybridized carbons (Fsp3) is 0.0833. The van der Waals surface area contributed by atoms with E-state index >= 15 is 0 Å². The number of rotatable bonds is 7. The topological polar surface area (TPSA) is 90.1 Å². The van der Waals surface area contributed by atoms with Gasteiger partial charge in [-0.15, -0.1) is 0 Å². The summed E-state index contributed by atoms with van der Waals surface area (Å²) < 4.78 is 1.93. The molecule has 1 N–H and O–H groups in total. The number of para-hydroxylation sites is 1. The molecule has 1 heterocycles. The number of nitrogens with zero attached hydrogens (tertiary/aromatic N) is 3. The minimum atomic E-state index is -0.422. The summed E-state index contributed by atoms with van der Waals surface area (Å²) in [5.41, 5.74) is 3.92. The summed E-state index contributed by atoms with van der Waals surface area (Å²) in [6.07, 6.45) is 1.67. The Labute approximate surface area is 199 Å². The lowest BCUT2D eigenvalue weighted by Gasteiger charge is -2.14. The average molecular weight is 479 g/mol. The molecule has 0 aliphatic rings. The molecule has 0 saturated heterocycles.